The smallest absolute Gasteiger partial charge is 0.226 e. The predicted octanol–water partition coefficient (Wildman–Crippen LogP) is 2.36. The molecule has 0 amide bonds. The molecule has 0 radical (unpaired) electrons. The molecule has 0 N–H and O–H groups in total. The number of halogens is 1. The van der Waals surface area contributed by atoms with Gasteiger partial charge < -0.3 is 4.52 Å². The third kappa shape index (κ3) is 2.40. The molecule has 2 rings (SSSR count). The lowest BCUT2D eigenvalue weighted by molar-refractivity contribution is 0.377. The van der Waals surface area contributed by atoms with Gasteiger partial charge in [-0.3, -0.25) is 0 Å². The van der Waals surface area contributed by atoms with Gasteiger partial charge in [0.05, 0.1) is 0 Å². The van der Waals surface area contributed by atoms with E-state index in [1.54, 1.807) is 12.1 Å². The van der Waals surface area contributed by atoms with Gasteiger partial charge in [0.25, 0.3) is 0 Å². The first-order chi connectivity index (χ1) is 7.28. The molecule has 0 aliphatic heterocycles. The first-order valence-corrected chi connectivity index (χ1v) is 4.84. The second-order valence-corrected chi connectivity index (χ2v) is 3.26. The molecule has 0 aliphatic carbocycles. The van der Waals surface area contributed by atoms with Crippen LogP contribution in [0.5, 0.6) is 0 Å². The van der Waals surface area contributed by atoms with Crippen LogP contribution in [0.2, 0.25) is 0 Å². The van der Waals surface area contributed by atoms with Crippen LogP contribution in [-0.4, -0.2) is 10.1 Å². The largest absolute Gasteiger partial charge is 0.339 e. The fraction of sp³-hybridized carbons (Fsp3) is 0.273. The number of rotatable bonds is 3. The molecular weight excluding hydrogens is 195 g/mol. The zero-order valence-electron chi connectivity index (χ0n) is 8.40. The van der Waals surface area contributed by atoms with Gasteiger partial charge >= 0.3 is 0 Å². The van der Waals surface area contributed by atoms with Crippen LogP contribution in [0.15, 0.2) is 28.8 Å². The third-order valence-electron chi connectivity index (χ3n) is 2.09. The molecule has 3 nitrogen and oxygen atoms in total. The number of nitrogens with zero attached hydrogens (tertiary/aromatic N) is 2. The molecule has 0 saturated heterocycles. The molecule has 0 saturated carbocycles. The normalized spacial score (nSPS) is 10.5. The van der Waals surface area contributed by atoms with E-state index in [2.05, 4.69) is 10.1 Å². The number of hydrogen-bond acceptors (Lipinski definition) is 3. The van der Waals surface area contributed by atoms with Crippen molar-refractivity contribution in [1.29, 1.82) is 0 Å². The Labute approximate surface area is 86.9 Å². The van der Waals surface area contributed by atoms with Crippen LogP contribution in [0, 0.1) is 5.82 Å². The number of hydrogen-bond donors (Lipinski definition) is 0. The molecule has 15 heavy (non-hydrogen) atoms. The minimum absolute atomic E-state index is 0.235. The van der Waals surface area contributed by atoms with E-state index in [-0.39, 0.29) is 5.82 Å². The van der Waals surface area contributed by atoms with Crippen LogP contribution < -0.4 is 0 Å². The minimum atomic E-state index is -0.235. The fourth-order valence-electron chi connectivity index (χ4n) is 1.29. The zero-order chi connectivity index (χ0) is 10.7. The van der Waals surface area contributed by atoms with E-state index < -0.39 is 0 Å². The molecule has 1 heterocycles. The summed E-state index contributed by atoms with van der Waals surface area (Å²) >= 11 is 0. The summed E-state index contributed by atoms with van der Waals surface area (Å²) in [6.07, 6.45) is 1.31. The highest BCUT2D eigenvalue weighted by Crippen LogP contribution is 2.08. The van der Waals surface area contributed by atoms with Gasteiger partial charge in [-0.1, -0.05) is 24.2 Å². The molecule has 0 spiro atoms. The molecular formula is C11H11FN2O. The summed E-state index contributed by atoms with van der Waals surface area (Å²) < 4.78 is 17.6. The van der Waals surface area contributed by atoms with Crippen molar-refractivity contribution >= 4 is 0 Å². The Morgan fingerprint density at radius 2 is 2.00 bits per heavy atom. The van der Waals surface area contributed by atoms with Crippen LogP contribution in [0.25, 0.3) is 0 Å². The van der Waals surface area contributed by atoms with Gasteiger partial charge in [0.15, 0.2) is 5.82 Å². The van der Waals surface area contributed by atoms with Crippen LogP contribution >= 0.6 is 0 Å². The summed E-state index contributed by atoms with van der Waals surface area (Å²) in [6.45, 7) is 1.95. The standard InChI is InChI=1S/C11H11FN2O/c1-2-11-13-10(14-15-11)7-8-3-5-9(12)6-4-8/h3-6H,2,7H2,1H3. The summed E-state index contributed by atoms with van der Waals surface area (Å²) in [5.41, 5.74) is 0.972. The van der Waals surface area contributed by atoms with Crippen LogP contribution in [0.4, 0.5) is 4.39 Å². The van der Waals surface area contributed by atoms with Crippen LogP contribution in [-0.2, 0) is 12.8 Å². The maximum absolute atomic E-state index is 12.6. The zero-order valence-corrected chi connectivity index (χ0v) is 8.40. The maximum Gasteiger partial charge on any atom is 0.226 e. The van der Waals surface area contributed by atoms with Crippen molar-refractivity contribution in [3.8, 4) is 0 Å². The molecule has 2 aromatic rings. The van der Waals surface area contributed by atoms with Crippen molar-refractivity contribution in [2.75, 3.05) is 0 Å². The summed E-state index contributed by atoms with van der Waals surface area (Å²) in [6, 6.07) is 6.29. The van der Waals surface area contributed by atoms with Gasteiger partial charge in [0.2, 0.25) is 5.89 Å². The van der Waals surface area contributed by atoms with Crippen LogP contribution in [0.1, 0.15) is 24.2 Å². The Morgan fingerprint density at radius 3 is 2.60 bits per heavy atom. The molecule has 0 fully saturated rings. The average Bonchev–Trinajstić information content (AvgIpc) is 2.69. The molecule has 4 heteroatoms. The average molecular weight is 206 g/mol. The predicted molar refractivity (Wildman–Crippen MR) is 52.9 cm³/mol. The number of aryl methyl sites for hydroxylation is 1. The third-order valence-corrected chi connectivity index (χ3v) is 2.09. The van der Waals surface area contributed by atoms with Crippen molar-refractivity contribution in [2.45, 2.75) is 19.8 Å². The van der Waals surface area contributed by atoms with Gasteiger partial charge in [-0.2, -0.15) is 4.98 Å². The van der Waals surface area contributed by atoms with Crippen LogP contribution in [0.3, 0.4) is 0 Å². The lowest BCUT2D eigenvalue weighted by Gasteiger charge is -1.95. The van der Waals surface area contributed by atoms with Gasteiger partial charge in [-0.15, -0.1) is 0 Å². The maximum atomic E-state index is 12.6. The molecule has 0 unspecified atom stereocenters. The topological polar surface area (TPSA) is 38.9 Å². The highest BCUT2D eigenvalue weighted by atomic mass is 19.1. The van der Waals surface area contributed by atoms with E-state index in [0.717, 1.165) is 12.0 Å². The quantitative estimate of drug-likeness (QED) is 0.773. The Hall–Kier alpha value is -1.71. The highest BCUT2D eigenvalue weighted by Gasteiger charge is 2.05. The van der Waals surface area contributed by atoms with Gasteiger partial charge in [0, 0.05) is 12.8 Å². The number of benzene rings is 1. The summed E-state index contributed by atoms with van der Waals surface area (Å²) in [4.78, 5) is 4.17. The Morgan fingerprint density at radius 1 is 1.27 bits per heavy atom. The molecule has 78 valence electrons. The SMILES string of the molecule is CCc1nc(Cc2ccc(F)cc2)no1. The van der Waals surface area contributed by atoms with E-state index in [1.807, 2.05) is 6.92 Å². The van der Waals surface area contributed by atoms with E-state index in [0.29, 0.717) is 18.1 Å². The van der Waals surface area contributed by atoms with Crippen molar-refractivity contribution < 1.29 is 8.91 Å². The highest BCUT2D eigenvalue weighted by molar-refractivity contribution is 5.19. The first-order valence-electron chi connectivity index (χ1n) is 4.84. The second kappa shape index (κ2) is 4.21. The van der Waals surface area contributed by atoms with E-state index in [4.69, 9.17) is 4.52 Å². The van der Waals surface area contributed by atoms with Crippen molar-refractivity contribution in [1.82, 2.24) is 10.1 Å². The van der Waals surface area contributed by atoms with Gasteiger partial charge in [-0.25, -0.2) is 4.39 Å². The number of aromatic nitrogens is 2. The van der Waals surface area contributed by atoms with Crippen molar-refractivity contribution in [3.05, 3.63) is 47.4 Å². The van der Waals surface area contributed by atoms with Crippen molar-refractivity contribution in [2.24, 2.45) is 0 Å². The lowest BCUT2D eigenvalue weighted by Crippen LogP contribution is -1.91. The molecule has 0 aliphatic rings. The molecule has 1 aromatic carbocycles. The van der Waals surface area contributed by atoms with E-state index in [1.165, 1.54) is 12.1 Å². The Bertz CT molecular complexity index is 436. The second-order valence-electron chi connectivity index (χ2n) is 3.26. The summed E-state index contributed by atoms with van der Waals surface area (Å²) in [5, 5.41) is 3.82. The fourth-order valence-corrected chi connectivity index (χ4v) is 1.29. The Balaban J connectivity index is 2.11. The summed E-state index contributed by atoms with van der Waals surface area (Å²) in [7, 11) is 0. The molecule has 1 aromatic heterocycles. The van der Waals surface area contributed by atoms with Crippen molar-refractivity contribution in [3.63, 3.8) is 0 Å². The monoisotopic (exact) mass is 206 g/mol. The first kappa shape index (κ1) is 9.83. The Kier molecular flexibility index (Phi) is 2.76. The van der Waals surface area contributed by atoms with Gasteiger partial charge in [-0.05, 0) is 17.7 Å². The molecule has 0 bridgehead atoms. The molecule has 0 atom stereocenters. The lowest BCUT2D eigenvalue weighted by atomic mass is 10.1. The van der Waals surface area contributed by atoms with Gasteiger partial charge in [0.1, 0.15) is 5.82 Å². The minimum Gasteiger partial charge on any atom is -0.339 e. The summed E-state index contributed by atoms with van der Waals surface area (Å²) in [5.74, 6) is 1.03. The van der Waals surface area contributed by atoms with E-state index in [9.17, 15) is 4.39 Å². The van der Waals surface area contributed by atoms with E-state index >= 15 is 0 Å².